The number of rotatable bonds is 30. The molecule has 15 nitrogen and oxygen atoms in total. The predicted octanol–water partition coefficient (Wildman–Crippen LogP) is 3.24. The fourth-order valence-corrected chi connectivity index (χ4v) is 6.41. The van der Waals surface area contributed by atoms with Crippen molar-refractivity contribution in [3.05, 3.63) is 36.0 Å². The first-order chi connectivity index (χ1) is 26.0. The van der Waals surface area contributed by atoms with Gasteiger partial charge in [-0.2, -0.15) is 0 Å². The Morgan fingerprint density at radius 3 is 1.69 bits per heavy atom. The lowest BCUT2D eigenvalue weighted by Gasteiger charge is -2.25. The molecular weight excluding hydrogens is 687 g/mol. The largest absolute Gasteiger partial charge is 0.370 e. The van der Waals surface area contributed by atoms with Gasteiger partial charge in [-0.25, -0.2) is 0 Å². The molecule has 0 unspecified atom stereocenters. The highest BCUT2D eigenvalue weighted by molar-refractivity contribution is 5.95. The molecule has 54 heavy (non-hydrogen) atoms. The van der Waals surface area contributed by atoms with Crippen molar-refractivity contribution >= 4 is 46.5 Å². The van der Waals surface area contributed by atoms with Crippen LogP contribution in [0.2, 0.25) is 0 Å². The lowest BCUT2D eigenvalue weighted by Crippen LogP contribution is -2.57. The van der Waals surface area contributed by atoms with Gasteiger partial charge in [-0.05, 0) is 43.7 Å². The number of aromatic amines is 1. The summed E-state index contributed by atoms with van der Waals surface area (Å²) < 4.78 is 0. The van der Waals surface area contributed by atoms with Crippen LogP contribution in [0.5, 0.6) is 0 Å². The first-order valence-corrected chi connectivity index (χ1v) is 19.9. The highest BCUT2D eigenvalue weighted by Gasteiger charge is 2.30. The second kappa shape index (κ2) is 26.9. The Balaban J connectivity index is 2.05. The SMILES string of the molecule is CCCCCCCCCCCCCCCC(=O)N[C@@H](CCCN=C(N)N)C(=O)N[C@@H](Cc1c[nH]c2ccccc12)C(=O)N[C@@H](CCCN=C(N)N)C(N)=O. The number of nitrogens with two attached hydrogens (primary N) is 5. The minimum atomic E-state index is -1.10. The summed E-state index contributed by atoms with van der Waals surface area (Å²) >= 11 is 0. The third-order valence-corrected chi connectivity index (χ3v) is 9.44. The van der Waals surface area contributed by atoms with Crippen LogP contribution >= 0.6 is 0 Å². The molecule has 0 spiro atoms. The molecule has 0 fully saturated rings. The van der Waals surface area contributed by atoms with Crippen LogP contribution in [0.1, 0.15) is 128 Å². The molecule has 4 amide bonds. The van der Waals surface area contributed by atoms with Crippen LogP contribution in [0.4, 0.5) is 0 Å². The summed E-state index contributed by atoms with van der Waals surface area (Å²) in [5.74, 6) is -2.27. The van der Waals surface area contributed by atoms with E-state index in [0.29, 0.717) is 12.8 Å². The van der Waals surface area contributed by atoms with E-state index in [1.165, 1.54) is 57.8 Å². The number of fused-ring (bicyclic) bond motifs is 1. The van der Waals surface area contributed by atoms with E-state index in [1.54, 1.807) is 6.20 Å². The molecule has 0 aliphatic rings. The fraction of sp³-hybridized carbons (Fsp3) is 0.641. The van der Waals surface area contributed by atoms with Crippen LogP contribution in [0, 0.1) is 0 Å². The maximum atomic E-state index is 13.9. The van der Waals surface area contributed by atoms with Crippen LogP contribution in [-0.2, 0) is 25.6 Å². The predicted molar refractivity (Wildman–Crippen MR) is 217 cm³/mol. The third kappa shape index (κ3) is 19.3. The molecule has 1 heterocycles. The standard InChI is InChI=1S/C39H67N11O4/c1-2-3-4-5-6-7-8-9-10-11-12-13-14-23-34(51)48-32(22-18-25-46-39(43)44)36(53)50-33(26-28-27-47-30-20-16-15-19-29(28)30)37(54)49-31(35(40)52)21-17-24-45-38(41)42/h15-16,19-20,27,31-33,47H,2-14,17-18,21-26H2,1H3,(H2,40,52)(H,48,51)(H,49,54)(H,50,53)(H4,41,42,45)(H4,43,44,46)/t31-,32-,33-/m0/s1. The number of para-hydroxylation sites is 1. The van der Waals surface area contributed by atoms with E-state index < -0.39 is 35.8 Å². The van der Waals surface area contributed by atoms with Crippen molar-refractivity contribution < 1.29 is 19.2 Å². The van der Waals surface area contributed by atoms with Gasteiger partial charge in [0, 0.05) is 43.0 Å². The second-order valence-corrected chi connectivity index (χ2v) is 14.1. The van der Waals surface area contributed by atoms with Gasteiger partial charge in [0.2, 0.25) is 23.6 Å². The second-order valence-electron chi connectivity index (χ2n) is 14.1. The number of unbranched alkanes of at least 4 members (excludes halogenated alkanes) is 12. The van der Waals surface area contributed by atoms with Gasteiger partial charge in [0.15, 0.2) is 11.9 Å². The van der Waals surface area contributed by atoms with Crippen LogP contribution in [0.3, 0.4) is 0 Å². The van der Waals surface area contributed by atoms with Gasteiger partial charge < -0.3 is 49.6 Å². The molecule has 0 saturated heterocycles. The highest BCUT2D eigenvalue weighted by atomic mass is 16.2. The molecule has 302 valence electrons. The Hall–Kier alpha value is -4.82. The molecule has 0 aliphatic carbocycles. The summed E-state index contributed by atoms with van der Waals surface area (Å²) in [6.07, 6.45) is 19.0. The summed E-state index contributed by atoms with van der Waals surface area (Å²) in [5.41, 5.74) is 29.0. The molecule has 1 aromatic heterocycles. The van der Waals surface area contributed by atoms with Crippen molar-refractivity contribution in [2.45, 2.75) is 147 Å². The maximum absolute atomic E-state index is 13.9. The number of guanidine groups is 2. The summed E-state index contributed by atoms with van der Waals surface area (Å²) in [6, 6.07) is 4.52. The van der Waals surface area contributed by atoms with E-state index in [9.17, 15) is 19.2 Å². The number of carbonyl (C=O) groups is 4. The summed E-state index contributed by atoms with van der Waals surface area (Å²) in [7, 11) is 0. The monoisotopic (exact) mass is 754 g/mol. The number of aromatic nitrogens is 1. The lowest BCUT2D eigenvalue weighted by molar-refractivity contribution is -0.133. The summed E-state index contributed by atoms with van der Waals surface area (Å²) in [5, 5.41) is 9.31. The van der Waals surface area contributed by atoms with E-state index in [4.69, 9.17) is 28.7 Å². The average Bonchev–Trinajstić information content (AvgIpc) is 3.54. The Bertz CT molecular complexity index is 1470. The van der Waals surface area contributed by atoms with Crippen molar-refractivity contribution in [2.75, 3.05) is 13.1 Å². The molecular formula is C39H67N11O4. The molecule has 2 rings (SSSR count). The van der Waals surface area contributed by atoms with Crippen molar-refractivity contribution in [1.29, 1.82) is 0 Å². The van der Waals surface area contributed by atoms with Crippen LogP contribution in [0.15, 0.2) is 40.4 Å². The van der Waals surface area contributed by atoms with Crippen molar-refractivity contribution in [1.82, 2.24) is 20.9 Å². The van der Waals surface area contributed by atoms with Gasteiger partial charge in [0.25, 0.3) is 0 Å². The van der Waals surface area contributed by atoms with Crippen LogP contribution in [-0.4, -0.2) is 71.7 Å². The lowest BCUT2D eigenvalue weighted by atomic mass is 10.0. The highest BCUT2D eigenvalue weighted by Crippen LogP contribution is 2.20. The van der Waals surface area contributed by atoms with Crippen molar-refractivity contribution in [3.8, 4) is 0 Å². The number of hydrogen-bond donors (Lipinski definition) is 9. The first-order valence-electron chi connectivity index (χ1n) is 19.9. The van der Waals surface area contributed by atoms with Crippen LogP contribution < -0.4 is 44.6 Å². The third-order valence-electron chi connectivity index (χ3n) is 9.44. The minimum absolute atomic E-state index is 0.0692. The molecule has 0 saturated carbocycles. The minimum Gasteiger partial charge on any atom is -0.370 e. The molecule has 0 bridgehead atoms. The molecule has 0 radical (unpaired) electrons. The Kier molecular flexibility index (Phi) is 22.6. The Morgan fingerprint density at radius 1 is 0.630 bits per heavy atom. The number of H-pyrrole nitrogens is 1. The van der Waals surface area contributed by atoms with Gasteiger partial charge in [-0.3, -0.25) is 29.2 Å². The van der Waals surface area contributed by atoms with Gasteiger partial charge >= 0.3 is 0 Å². The Morgan fingerprint density at radius 2 is 1.13 bits per heavy atom. The number of carbonyl (C=O) groups excluding carboxylic acids is 4. The number of primary amides is 1. The molecule has 0 aliphatic heterocycles. The Labute approximate surface area is 320 Å². The van der Waals surface area contributed by atoms with Gasteiger partial charge in [-0.15, -0.1) is 0 Å². The van der Waals surface area contributed by atoms with Gasteiger partial charge in [0.1, 0.15) is 18.1 Å². The van der Waals surface area contributed by atoms with Gasteiger partial charge in [-0.1, -0.05) is 102 Å². The normalized spacial score (nSPS) is 12.7. The average molecular weight is 754 g/mol. The topological polar surface area (TPSA) is 275 Å². The van der Waals surface area contributed by atoms with E-state index >= 15 is 0 Å². The molecule has 14 N–H and O–H groups in total. The first kappa shape index (κ1) is 45.3. The molecule has 15 heteroatoms. The number of nitrogens with zero attached hydrogens (tertiary/aromatic N) is 2. The van der Waals surface area contributed by atoms with Crippen LogP contribution in [0.25, 0.3) is 10.9 Å². The zero-order valence-corrected chi connectivity index (χ0v) is 32.4. The van der Waals surface area contributed by atoms with Crippen molar-refractivity contribution in [2.24, 2.45) is 38.7 Å². The maximum Gasteiger partial charge on any atom is 0.243 e. The van der Waals surface area contributed by atoms with Gasteiger partial charge in [0.05, 0.1) is 0 Å². The van der Waals surface area contributed by atoms with E-state index in [-0.39, 0.29) is 56.6 Å². The number of aliphatic imine (C=N–C) groups is 2. The number of amides is 4. The van der Waals surface area contributed by atoms with E-state index in [2.05, 4.69) is 37.8 Å². The van der Waals surface area contributed by atoms with E-state index in [1.807, 2.05) is 24.3 Å². The fourth-order valence-electron chi connectivity index (χ4n) is 6.41. The molecule has 2 aromatic rings. The smallest absolute Gasteiger partial charge is 0.243 e. The molecule has 1 aromatic carbocycles. The zero-order valence-electron chi connectivity index (χ0n) is 32.4. The van der Waals surface area contributed by atoms with E-state index in [0.717, 1.165) is 42.1 Å². The quantitative estimate of drug-likeness (QED) is 0.0324. The number of nitrogens with one attached hydrogen (secondary N) is 4. The number of benzene rings is 1. The zero-order chi connectivity index (χ0) is 39.6. The summed E-state index contributed by atoms with van der Waals surface area (Å²) in [6.45, 7) is 2.75. The summed E-state index contributed by atoms with van der Waals surface area (Å²) in [4.78, 5) is 64.2. The molecule has 3 atom stereocenters. The number of hydrogen-bond acceptors (Lipinski definition) is 6. The van der Waals surface area contributed by atoms with Crippen molar-refractivity contribution in [3.63, 3.8) is 0 Å².